The summed E-state index contributed by atoms with van der Waals surface area (Å²) in [6.07, 6.45) is -0.615. The molecule has 2 rings (SSSR count). The number of hydrogen-bond donors (Lipinski definition) is 2. The third kappa shape index (κ3) is 4.43. The molecule has 0 amide bonds. The van der Waals surface area contributed by atoms with Crippen molar-refractivity contribution >= 4 is 23.3 Å². The molecule has 0 spiro atoms. The third-order valence-corrected chi connectivity index (χ3v) is 3.67. The molecule has 0 saturated carbocycles. The summed E-state index contributed by atoms with van der Waals surface area (Å²) in [5, 5.41) is 12.4. The standard InChI is InChI=1S/C17H17ClFNO3/c1-23-17(22)15-7-4-12(8-16(15)19)11-2-5-13(6-3-11)20-10-14(21)9-18/h2-8,14,20-21H,9-10H2,1H3. The second-order valence-electron chi connectivity index (χ2n) is 4.95. The molecular formula is C17H17ClFNO3. The number of ether oxygens (including phenoxy) is 1. The first-order valence-corrected chi connectivity index (χ1v) is 7.54. The number of methoxy groups -OCH3 is 1. The Morgan fingerprint density at radius 1 is 1.26 bits per heavy atom. The van der Waals surface area contributed by atoms with Gasteiger partial charge in [-0.1, -0.05) is 18.2 Å². The predicted molar refractivity (Wildman–Crippen MR) is 88.4 cm³/mol. The van der Waals surface area contributed by atoms with E-state index in [1.165, 1.54) is 19.2 Å². The zero-order chi connectivity index (χ0) is 16.8. The van der Waals surface area contributed by atoms with Crippen LogP contribution in [-0.4, -0.2) is 36.7 Å². The fourth-order valence-corrected chi connectivity index (χ4v) is 2.15. The van der Waals surface area contributed by atoms with Crippen molar-refractivity contribution < 1.29 is 19.0 Å². The minimum Gasteiger partial charge on any atom is -0.465 e. The minimum absolute atomic E-state index is 0.0930. The van der Waals surface area contributed by atoms with Crippen LogP contribution in [0.3, 0.4) is 0 Å². The number of rotatable bonds is 6. The number of carbonyl (C=O) groups is 1. The van der Waals surface area contributed by atoms with Crippen LogP contribution in [0.4, 0.5) is 10.1 Å². The Hall–Kier alpha value is -2.11. The molecule has 0 heterocycles. The second-order valence-corrected chi connectivity index (χ2v) is 5.26. The van der Waals surface area contributed by atoms with E-state index in [9.17, 15) is 14.3 Å². The van der Waals surface area contributed by atoms with E-state index in [-0.39, 0.29) is 11.4 Å². The quantitative estimate of drug-likeness (QED) is 0.627. The van der Waals surface area contributed by atoms with Crippen molar-refractivity contribution in [2.24, 2.45) is 0 Å². The van der Waals surface area contributed by atoms with Crippen LogP contribution in [0.1, 0.15) is 10.4 Å². The number of hydrogen-bond acceptors (Lipinski definition) is 4. The predicted octanol–water partition coefficient (Wildman–Crippen LogP) is 3.29. The van der Waals surface area contributed by atoms with Crippen molar-refractivity contribution in [2.75, 3.05) is 24.9 Å². The first-order valence-electron chi connectivity index (χ1n) is 7.01. The number of aliphatic hydroxyl groups is 1. The van der Waals surface area contributed by atoms with E-state index in [1.807, 2.05) is 24.3 Å². The van der Waals surface area contributed by atoms with Gasteiger partial charge in [0.05, 0.1) is 24.7 Å². The van der Waals surface area contributed by atoms with E-state index >= 15 is 0 Å². The molecule has 1 unspecified atom stereocenters. The molecule has 4 nitrogen and oxygen atoms in total. The van der Waals surface area contributed by atoms with Crippen LogP contribution in [0, 0.1) is 5.82 Å². The van der Waals surface area contributed by atoms with E-state index in [0.717, 1.165) is 11.3 Å². The Morgan fingerprint density at radius 2 is 1.91 bits per heavy atom. The van der Waals surface area contributed by atoms with Crippen molar-refractivity contribution in [3.63, 3.8) is 0 Å². The minimum atomic E-state index is -0.702. The van der Waals surface area contributed by atoms with Gasteiger partial charge in [-0.15, -0.1) is 11.6 Å². The van der Waals surface area contributed by atoms with E-state index in [1.54, 1.807) is 6.07 Å². The van der Waals surface area contributed by atoms with Gasteiger partial charge < -0.3 is 15.2 Å². The number of benzene rings is 2. The van der Waals surface area contributed by atoms with Crippen LogP contribution < -0.4 is 5.32 Å². The lowest BCUT2D eigenvalue weighted by atomic mass is 10.0. The average Bonchev–Trinajstić information content (AvgIpc) is 2.59. The summed E-state index contributed by atoms with van der Waals surface area (Å²) < 4.78 is 18.5. The van der Waals surface area contributed by atoms with Gasteiger partial charge in [-0.3, -0.25) is 0 Å². The van der Waals surface area contributed by atoms with E-state index in [0.29, 0.717) is 12.1 Å². The number of anilines is 1. The summed E-state index contributed by atoms with van der Waals surface area (Å²) in [4.78, 5) is 11.4. The topological polar surface area (TPSA) is 58.6 Å². The maximum atomic E-state index is 13.9. The van der Waals surface area contributed by atoms with E-state index in [2.05, 4.69) is 10.1 Å². The Kier molecular flexibility index (Phi) is 5.96. The van der Waals surface area contributed by atoms with Crippen molar-refractivity contribution in [1.82, 2.24) is 0 Å². The second kappa shape index (κ2) is 7.94. The molecule has 0 aromatic heterocycles. The first-order chi connectivity index (χ1) is 11.0. The molecular weight excluding hydrogens is 321 g/mol. The van der Waals surface area contributed by atoms with Crippen LogP contribution in [0.2, 0.25) is 0 Å². The third-order valence-electron chi connectivity index (χ3n) is 3.31. The van der Waals surface area contributed by atoms with Gasteiger partial charge in [0, 0.05) is 12.2 Å². The van der Waals surface area contributed by atoms with Gasteiger partial charge in [0.25, 0.3) is 0 Å². The van der Waals surface area contributed by atoms with Crippen molar-refractivity contribution in [2.45, 2.75) is 6.10 Å². The van der Waals surface area contributed by atoms with Crippen LogP contribution in [0.5, 0.6) is 0 Å². The Labute approximate surface area is 138 Å². The molecule has 0 radical (unpaired) electrons. The summed E-state index contributed by atoms with van der Waals surface area (Å²) in [5.41, 5.74) is 2.19. The molecule has 6 heteroatoms. The first kappa shape index (κ1) is 17.2. The Balaban J connectivity index is 2.13. The molecule has 122 valence electrons. The number of aliphatic hydroxyl groups excluding tert-OH is 1. The molecule has 2 aromatic carbocycles. The average molecular weight is 338 g/mol. The SMILES string of the molecule is COC(=O)c1ccc(-c2ccc(NCC(O)CCl)cc2)cc1F. The number of halogens is 2. The lowest BCUT2D eigenvalue weighted by molar-refractivity contribution is 0.0595. The highest BCUT2D eigenvalue weighted by Gasteiger charge is 2.12. The monoisotopic (exact) mass is 337 g/mol. The van der Waals surface area contributed by atoms with Crippen LogP contribution >= 0.6 is 11.6 Å². The van der Waals surface area contributed by atoms with Crippen LogP contribution in [0.15, 0.2) is 42.5 Å². The molecule has 2 N–H and O–H groups in total. The number of esters is 1. The highest BCUT2D eigenvalue weighted by molar-refractivity contribution is 6.18. The van der Waals surface area contributed by atoms with Crippen molar-refractivity contribution in [3.05, 3.63) is 53.8 Å². The molecule has 2 aromatic rings. The number of alkyl halides is 1. The molecule has 0 saturated heterocycles. The lowest BCUT2D eigenvalue weighted by Gasteiger charge is -2.11. The zero-order valence-corrected chi connectivity index (χ0v) is 13.3. The molecule has 0 bridgehead atoms. The summed E-state index contributed by atoms with van der Waals surface area (Å²) in [7, 11) is 1.21. The summed E-state index contributed by atoms with van der Waals surface area (Å²) in [6, 6.07) is 11.6. The molecule has 0 aliphatic carbocycles. The van der Waals surface area contributed by atoms with Gasteiger partial charge in [-0.25, -0.2) is 9.18 Å². The Morgan fingerprint density at radius 3 is 2.48 bits per heavy atom. The molecule has 0 fully saturated rings. The summed E-state index contributed by atoms with van der Waals surface area (Å²) in [5.74, 6) is -1.16. The van der Waals surface area contributed by atoms with Gasteiger partial charge >= 0.3 is 5.97 Å². The molecule has 1 atom stereocenters. The smallest absolute Gasteiger partial charge is 0.340 e. The maximum Gasteiger partial charge on any atom is 0.340 e. The fraction of sp³-hybridized carbons (Fsp3) is 0.235. The van der Waals surface area contributed by atoms with E-state index in [4.69, 9.17) is 11.6 Å². The normalized spacial score (nSPS) is 11.8. The summed E-state index contributed by atoms with van der Waals surface area (Å²) in [6.45, 7) is 0.352. The van der Waals surface area contributed by atoms with Gasteiger partial charge in [-0.2, -0.15) is 0 Å². The fourth-order valence-electron chi connectivity index (χ4n) is 2.04. The van der Waals surface area contributed by atoms with Gasteiger partial charge in [-0.05, 0) is 35.4 Å². The Bertz CT molecular complexity index is 676. The highest BCUT2D eigenvalue weighted by Crippen LogP contribution is 2.24. The maximum absolute atomic E-state index is 13.9. The number of carbonyl (C=O) groups excluding carboxylic acids is 1. The van der Waals surface area contributed by atoms with Crippen LogP contribution in [-0.2, 0) is 4.74 Å². The summed E-state index contributed by atoms with van der Waals surface area (Å²) >= 11 is 5.53. The van der Waals surface area contributed by atoms with Crippen molar-refractivity contribution in [3.8, 4) is 11.1 Å². The molecule has 0 aliphatic heterocycles. The molecule has 0 aliphatic rings. The number of nitrogens with one attached hydrogen (secondary N) is 1. The van der Waals surface area contributed by atoms with Gasteiger partial charge in [0.2, 0.25) is 0 Å². The highest BCUT2D eigenvalue weighted by atomic mass is 35.5. The van der Waals surface area contributed by atoms with Crippen LogP contribution in [0.25, 0.3) is 11.1 Å². The molecule has 23 heavy (non-hydrogen) atoms. The zero-order valence-electron chi connectivity index (χ0n) is 12.6. The van der Waals surface area contributed by atoms with Gasteiger partial charge in [0.15, 0.2) is 0 Å². The lowest BCUT2D eigenvalue weighted by Crippen LogP contribution is -2.20. The van der Waals surface area contributed by atoms with Crippen molar-refractivity contribution in [1.29, 1.82) is 0 Å². The van der Waals surface area contributed by atoms with E-state index < -0.39 is 17.9 Å². The van der Waals surface area contributed by atoms with Gasteiger partial charge in [0.1, 0.15) is 5.82 Å². The largest absolute Gasteiger partial charge is 0.465 e.